The molecule has 102 valence electrons. The molecule has 1 aromatic heterocycles. The number of amides is 1. The lowest BCUT2D eigenvalue weighted by molar-refractivity contribution is 0.0620. The third-order valence-corrected chi connectivity index (χ3v) is 3.97. The van der Waals surface area contributed by atoms with Crippen molar-refractivity contribution in [3.05, 3.63) is 23.7 Å². The quantitative estimate of drug-likeness (QED) is 0.885. The van der Waals surface area contributed by atoms with Crippen LogP contribution in [-0.2, 0) is 0 Å². The molecule has 2 saturated carbocycles. The number of hydrogen-bond donors (Lipinski definition) is 1. The Hall–Kier alpha value is -1.78. The highest BCUT2D eigenvalue weighted by Gasteiger charge is 2.42. The summed E-state index contributed by atoms with van der Waals surface area (Å²) in [4.78, 5) is 25.2. The number of aromatic carboxylic acids is 1. The minimum Gasteiger partial charge on any atom is -0.478 e. The van der Waals surface area contributed by atoms with Gasteiger partial charge in [-0.1, -0.05) is 0 Å². The molecule has 2 fully saturated rings. The van der Waals surface area contributed by atoms with Gasteiger partial charge < -0.3 is 14.4 Å². The first kappa shape index (κ1) is 12.3. The Balaban J connectivity index is 1.80. The van der Waals surface area contributed by atoms with E-state index < -0.39 is 5.97 Å². The fourth-order valence-electron chi connectivity index (χ4n) is 2.53. The van der Waals surface area contributed by atoms with E-state index >= 15 is 0 Å². The molecule has 2 aliphatic rings. The van der Waals surface area contributed by atoms with Gasteiger partial charge in [-0.05, 0) is 38.5 Å². The van der Waals surface area contributed by atoms with Crippen LogP contribution in [0.5, 0.6) is 0 Å². The predicted molar refractivity (Wildman–Crippen MR) is 67.0 cm³/mol. The van der Waals surface area contributed by atoms with Gasteiger partial charge in [-0.2, -0.15) is 0 Å². The summed E-state index contributed by atoms with van der Waals surface area (Å²) in [6, 6.07) is 1.85. The Labute approximate surface area is 111 Å². The standard InChI is InChI=1S/C14H17NO4/c1-8(9-2-3-9)15(11-4-5-11)13(16)12-6-10(7-19-12)14(17)18/h6-9,11H,2-5H2,1H3,(H,17,18). The molecule has 0 aliphatic heterocycles. The van der Waals surface area contributed by atoms with Crippen LogP contribution in [0.3, 0.4) is 0 Å². The van der Waals surface area contributed by atoms with E-state index in [0.29, 0.717) is 12.0 Å². The van der Waals surface area contributed by atoms with Crippen molar-refractivity contribution in [1.29, 1.82) is 0 Å². The minimum atomic E-state index is -1.07. The Morgan fingerprint density at radius 1 is 1.37 bits per heavy atom. The maximum atomic E-state index is 12.5. The van der Waals surface area contributed by atoms with E-state index in [1.165, 1.54) is 18.9 Å². The summed E-state index contributed by atoms with van der Waals surface area (Å²) < 4.78 is 5.12. The van der Waals surface area contributed by atoms with Crippen LogP contribution in [0, 0.1) is 5.92 Å². The summed E-state index contributed by atoms with van der Waals surface area (Å²) in [5.41, 5.74) is 0.0261. The highest BCUT2D eigenvalue weighted by Crippen LogP contribution is 2.40. The molecule has 3 rings (SSSR count). The average Bonchev–Trinajstić information content (AvgIpc) is 3.28. The number of carbonyl (C=O) groups is 2. The van der Waals surface area contributed by atoms with Crippen molar-refractivity contribution in [2.24, 2.45) is 5.92 Å². The molecule has 1 heterocycles. The van der Waals surface area contributed by atoms with Gasteiger partial charge in [0.25, 0.3) is 5.91 Å². The monoisotopic (exact) mass is 263 g/mol. The van der Waals surface area contributed by atoms with Crippen LogP contribution in [0.1, 0.15) is 53.5 Å². The fraction of sp³-hybridized carbons (Fsp3) is 0.571. The van der Waals surface area contributed by atoms with E-state index in [0.717, 1.165) is 19.1 Å². The first-order valence-electron chi connectivity index (χ1n) is 6.72. The van der Waals surface area contributed by atoms with Gasteiger partial charge in [0.1, 0.15) is 6.26 Å². The zero-order chi connectivity index (χ0) is 13.6. The van der Waals surface area contributed by atoms with Crippen molar-refractivity contribution in [3.63, 3.8) is 0 Å². The van der Waals surface area contributed by atoms with Crippen molar-refractivity contribution < 1.29 is 19.1 Å². The van der Waals surface area contributed by atoms with Crippen LogP contribution >= 0.6 is 0 Å². The molecule has 0 spiro atoms. The van der Waals surface area contributed by atoms with Crippen LogP contribution < -0.4 is 0 Å². The second-order valence-corrected chi connectivity index (χ2v) is 5.53. The largest absolute Gasteiger partial charge is 0.478 e. The van der Waals surface area contributed by atoms with Crippen LogP contribution in [0.4, 0.5) is 0 Å². The smallest absolute Gasteiger partial charge is 0.338 e. The second kappa shape index (κ2) is 4.40. The summed E-state index contributed by atoms with van der Waals surface area (Å²) in [5.74, 6) is -0.513. The van der Waals surface area contributed by atoms with Gasteiger partial charge in [-0.3, -0.25) is 4.79 Å². The number of nitrogens with zero attached hydrogens (tertiary/aromatic N) is 1. The summed E-state index contributed by atoms with van der Waals surface area (Å²) in [7, 11) is 0. The molecule has 0 bridgehead atoms. The lowest BCUT2D eigenvalue weighted by Crippen LogP contribution is -2.41. The molecule has 1 atom stereocenters. The summed E-state index contributed by atoms with van der Waals surface area (Å²) >= 11 is 0. The van der Waals surface area contributed by atoms with Crippen molar-refractivity contribution in [2.75, 3.05) is 0 Å². The zero-order valence-electron chi connectivity index (χ0n) is 10.8. The predicted octanol–water partition coefficient (Wildman–Crippen LogP) is 2.38. The molecule has 5 heteroatoms. The topological polar surface area (TPSA) is 70.8 Å². The lowest BCUT2D eigenvalue weighted by atomic mass is 10.1. The maximum Gasteiger partial charge on any atom is 0.338 e. The lowest BCUT2D eigenvalue weighted by Gasteiger charge is -2.28. The molecular formula is C14H17NO4. The van der Waals surface area contributed by atoms with Crippen LogP contribution in [0.2, 0.25) is 0 Å². The Morgan fingerprint density at radius 2 is 2.05 bits per heavy atom. The molecule has 0 saturated heterocycles. The van der Waals surface area contributed by atoms with Gasteiger partial charge in [0.2, 0.25) is 0 Å². The number of rotatable bonds is 5. The summed E-state index contributed by atoms with van der Waals surface area (Å²) in [6.07, 6.45) is 5.55. The average molecular weight is 263 g/mol. The van der Waals surface area contributed by atoms with E-state index in [1.54, 1.807) is 0 Å². The molecule has 0 radical (unpaired) electrons. The minimum absolute atomic E-state index is 0.0261. The number of carboxylic acid groups (broad SMARTS) is 1. The van der Waals surface area contributed by atoms with Crippen molar-refractivity contribution >= 4 is 11.9 Å². The number of hydrogen-bond acceptors (Lipinski definition) is 3. The highest BCUT2D eigenvalue weighted by atomic mass is 16.4. The molecule has 0 aromatic carbocycles. The highest BCUT2D eigenvalue weighted by molar-refractivity contribution is 5.96. The fourth-order valence-corrected chi connectivity index (χ4v) is 2.53. The van der Waals surface area contributed by atoms with E-state index in [2.05, 4.69) is 6.92 Å². The second-order valence-electron chi connectivity index (χ2n) is 5.53. The Bertz CT molecular complexity index is 513. The van der Waals surface area contributed by atoms with Crippen LogP contribution in [0.15, 0.2) is 16.7 Å². The van der Waals surface area contributed by atoms with Gasteiger partial charge in [0.15, 0.2) is 5.76 Å². The van der Waals surface area contributed by atoms with Gasteiger partial charge in [-0.15, -0.1) is 0 Å². The molecule has 1 amide bonds. The van der Waals surface area contributed by atoms with E-state index in [9.17, 15) is 9.59 Å². The Morgan fingerprint density at radius 3 is 2.53 bits per heavy atom. The van der Waals surface area contributed by atoms with Gasteiger partial charge in [-0.25, -0.2) is 4.79 Å². The molecule has 1 unspecified atom stereocenters. The van der Waals surface area contributed by atoms with Crippen molar-refractivity contribution in [3.8, 4) is 0 Å². The molecule has 5 nitrogen and oxygen atoms in total. The number of carboxylic acids is 1. The third-order valence-electron chi connectivity index (χ3n) is 3.97. The summed E-state index contributed by atoms with van der Waals surface area (Å²) in [6.45, 7) is 2.08. The number of furan rings is 1. The maximum absolute atomic E-state index is 12.5. The SMILES string of the molecule is CC(C1CC1)N(C(=O)c1cc(C(=O)O)co1)C1CC1. The van der Waals surface area contributed by atoms with Crippen molar-refractivity contribution in [2.45, 2.75) is 44.7 Å². The third kappa shape index (κ3) is 2.37. The molecule has 2 aliphatic carbocycles. The van der Waals surface area contributed by atoms with Crippen molar-refractivity contribution in [1.82, 2.24) is 4.90 Å². The van der Waals surface area contributed by atoms with E-state index in [-0.39, 0.29) is 23.3 Å². The van der Waals surface area contributed by atoms with Crippen LogP contribution in [-0.4, -0.2) is 34.0 Å². The van der Waals surface area contributed by atoms with Crippen LogP contribution in [0.25, 0.3) is 0 Å². The van der Waals surface area contributed by atoms with Gasteiger partial charge >= 0.3 is 5.97 Å². The molecule has 19 heavy (non-hydrogen) atoms. The van der Waals surface area contributed by atoms with E-state index in [4.69, 9.17) is 9.52 Å². The van der Waals surface area contributed by atoms with Gasteiger partial charge in [0, 0.05) is 18.2 Å². The normalized spacial score (nSPS) is 20.1. The first-order chi connectivity index (χ1) is 9.08. The Kier molecular flexibility index (Phi) is 2.84. The zero-order valence-corrected chi connectivity index (χ0v) is 10.8. The molecule has 1 N–H and O–H groups in total. The first-order valence-corrected chi connectivity index (χ1v) is 6.72. The molecule has 1 aromatic rings. The van der Waals surface area contributed by atoms with Gasteiger partial charge in [0.05, 0.1) is 5.56 Å². The number of carbonyl (C=O) groups excluding carboxylic acids is 1. The molecular weight excluding hydrogens is 246 g/mol. The van der Waals surface area contributed by atoms with E-state index in [1.807, 2.05) is 4.90 Å². The summed E-state index contributed by atoms with van der Waals surface area (Å²) in [5, 5.41) is 8.86.